The number of carbonyl (C=O) groups is 1. The number of aliphatic hydroxyl groups excluding tert-OH is 1. The third kappa shape index (κ3) is 11.3. The Kier molecular flexibility index (Phi) is 11.1. The van der Waals surface area contributed by atoms with E-state index < -0.39 is 11.4 Å². The first-order chi connectivity index (χ1) is 6.92. The van der Waals surface area contributed by atoms with Crippen molar-refractivity contribution in [1.29, 1.82) is 0 Å². The van der Waals surface area contributed by atoms with Gasteiger partial charge in [0.25, 0.3) is 0 Å². The standard InChI is InChI=1S/C9H18O2.C2H7NO/c1-4-5-6-7-9(2,3)8(10)11;3-1-2-4/h4-7H2,1-3H3,(H,10,11);4H,1-3H2. The highest BCUT2D eigenvalue weighted by Crippen LogP contribution is 2.23. The molecule has 92 valence electrons. The summed E-state index contributed by atoms with van der Waals surface area (Å²) in [6.07, 6.45) is 4.10. The molecule has 0 amide bonds. The van der Waals surface area contributed by atoms with Crippen molar-refractivity contribution in [3.63, 3.8) is 0 Å². The molecule has 0 saturated heterocycles. The van der Waals surface area contributed by atoms with Gasteiger partial charge in [0.15, 0.2) is 0 Å². The van der Waals surface area contributed by atoms with E-state index in [4.69, 9.17) is 15.9 Å². The van der Waals surface area contributed by atoms with Crippen LogP contribution in [0, 0.1) is 5.41 Å². The van der Waals surface area contributed by atoms with Crippen LogP contribution in [0.2, 0.25) is 0 Å². The number of carboxylic acid groups (broad SMARTS) is 1. The minimum absolute atomic E-state index is 0.0972. The summed E-state index contributed by atoms with van der Waals surface area (Å²) < 4.78 is 0. The second-order valence-electron chi connectivity index (χ2n) is 4.16. The maximum Gasteiger partial charge on any atom is 0.309 e. The number of nitrogens with two attached hydrogens (primary N) is 1. The van der Waals surface area contributed by atoms with Crippen molar-refractivity contribution in [2.24, 2.45) is 11.1 Å². The lowest BCUT2D eigenvalue weighted by molar-refractivity contribution is -0.147. The molecule has 0 atom stereocenters. The largest absolute Gasteiger partial charge is 0.481 e. The van der Waals surface area contributed by atoms with Crippen molar-refractivity contribution < 1.29 is 15.0 Å². The number of carboxylic acids is 1. The van der Waals surface area contributed by atoms with Crippen molar-refractivity contribution in [2.45, 2.75) is 46.5 Å². The van der Waals surface area contributed by atoms with E-state index >= 15 is 0 Å². The van der Waals surface area contributed by atoms with Crippen molar-refractivity contribution in [3.05, 3.63) is 0 Å². The minimum Gasteiger partial charge on any atom is -0.481 e. The van der Waals surface area contributed by atoms with E-state index in [2.05, 4.69) is 6.92 Å². The second kappa shape index (κ2) is 9.93. The van der Waals surface area contributed by atoms with Gasteiger partial charge in [-0.05, 0) is 20.3 Å². The molecular formula is C11H25NO3. The first-order valence-electron chi connectivity index (χ1n) is 5.46. The van der Waals surface area contributed by atoms with Crippen LogP contribution in [0.4, 0.5) is 0 Å². The Balaban J connectivity index is 0. The van der Waals surface area contributed by atoms with Crippen molar-refractivity contribution in [1.82, 2.24) is 0 Å². The van der Waals surface area contributed by atoms with E-state index in [1.165, 1.54) is 0 Å². The molecule has 0 aliphatic carbocycles. The molecular weight excluding hydrogens is 194 g/mol. The smallest absolute Gasteiger partial charge is 0.309 e. The van der Waals surface area contributed by atoms with Gasteiger partial charge in [-0.3, -0.25) is 4.79 Å². The second-order valence-corrected chi connectivity index (χ2v) is 4.16. The molecule has 0 unspecified atom stereocenters. The van der Waals surface area contributed by atoms with Gasteiger partial charge in [-0.25, -0.2) is 0 Å². The van der Waals surface area contributed by atoms with Gasteiger partial charge in [0.05, 0.1) is 12.0 Å². The lowest BCUT2D eigenvalue weighted by atomic mass is 9.87. The van der Waals surface area contributed by atoms with Crippen molar-refractivity contribution in [3.8, 4) is 0 Å². The highest BCUT2D eigenvalue weighted by atomic mass is 16.4. The zero-order valence-electron chi connectivity index (χ0n) is 10.1. The topological polar surface area (TPSA) is 83.5 Å². The van der Waals surface area contributed by atoms with Crippen LogP contribution in [0.1, 0.15) is 46.5 Å². The van der Waals surface area contributed by atoms with Crippen LogP contribution in [0.25, 0.3) is 0 Å². The average Bonchev–Trinajstić information content (AvgIpc) is 2.18. The minimum atomic E-state index is -0.686. The first-order valence-corrected chi connectivity index (χ1v) is 5.46. The Morgan fingerprint density at radius 1 is 1.33 bits per heavy atom. The summed E-state index contributed by atoms with van der Waals surface area (Å²) in [5, 5.41) is 16.5. The predicted molar refractivity (Wildman–Crippen MR) is 61.7 cm³/mol. The quantitative estimate of drug-likeness (QED) is 0.593. The lowest BCUT2D eigenvalue weighted by Crippen LogP contribution is -2.23. The molecule has 15 heavy (non-hydrogen) atoms. The Labute approximate surface area is 92.5 Å². The maximum absolute atomic E-state index is 10.6. The maximum atomic E-state index is 10.6. The highest BCUT2D eigenvalue weighted by molar-refractivity contribution is 5.73. The Morgan fingerprint density at radius 2 is 1.80 bits per heavy atom. The number of rotatable bonds is 6. The van der Waals surface area contributed by atoms with Crippen molar-refractivity contribution in [2.75, 3.05) is 13.2 Å². The SMILES string of the molecule is CCCCCC(C)(C)C(=O)O.NCCO. The van der Waals surface area contributed by atoms with E-state index in [1.807, 2.05) is 0 Å². The van der Waals surface area contributed by atoms with Crippen LogP contribution in [0.15, 0.2) is 0 Å². The average molecular weight is 219 g/mol. The molecule has 0 fully saturated rings. The van der Waals surface area contributed by atoms with Crippen LogP contribution in [-0.2, 0) is 4.79 Å². The van der Waals surface area contributed by atoms with Gasteiger partial charge in [0.1, 0.15) is 0 Å². The van der Waals surface area contributed by atoms with Gasteiger partial charge in [0.2, 0.25) is 0 Å². The molecule has 0 bridgehead atoms. The van der Waals surface area contributed by atoms with Crippen LogP contribution >= 0.6 is 0 Å². The normalized spacial score (nSPS) is 10.5. The fourth-order valence-corrected chi connectivity index (χ4v) is 0.924. The number of aliphatic hydroxyl groups is 1. The van der Waals surface area contributed by atoms with Crippen LogP contribution in [-0.4, -0.2) is 29.3 Å². The molecule has 0 heterocycles. The fourth-order valence-electron chi connectivity index (χ4n) is 0.924. The molecule has 0 aromatic carbocycles. The third-order valence-electron chi connectivity index (χ3n) is 2.11. The van der Waals surface area contributed by atoms with Crippen LogP contribution < -0.4 is 5.73 Å². The number of aliphatic carboxylic acids is 1. The Morgan fingerprint density at radius 3 is 2.07 bits per heavy atom. The molecule has 4 N–H and O–H groups in total. The Hall–Kier alpha value is -0.610. The molecule has 0 aromatic rings. The summed E-state index contributed by atoms with van der Waals surface area (Å²) >= 11 is 0. The van der Waals surface area contributed by atoms with E-state index in [9.17, 15) is 4.79 Å². The van der Waals surface area contributed by atoms with Crippen molar-refractivity contribution >= 4 is 5.97 Å². The number of hydrogen-bond donors (Lipinski definition) is 3. The molecule has 0 aliphatic rings. The van der Waals surface area contributed by atoms with Gasteiger partial charge in [0, 0.05) is 6.54 Å². The predicted octanol–water partition coefficient (Wildman–Crippen LogP) is 1.61. The lowest BCUT2D eigenvalue weighted by Gasteiger charge is -2.18. The van der Waals surface area contributed by atoms with Crippen LogP contribution in [0.5, 0.6) is 0 Å². The van der Waals surface area contributed by atoms with Gasteiger partial charge in [-0.1, -0.05) is 26.2 Å². The van der Waals surface area contributed by atoms with Gasteiger partial charge in [-0.15, -0.1) is 0 Å². The van der Waals surface area contributed by atoms with E-state index in [0.717, 1.165) is 25.7 Å². The van der Waals surface area contributed by atoms with E-state index in [0.29, 0.717) is 6.54 Å². The van der Waals surface area contributed by atoms with Gasteiger partial charge < -0.3 is 15.9 Å². The highest BCUT2D eigenvalue weighted by Gasteiger charge is 2.25. The third-order valence-corrected chi connectivity index (χ3v) is 2.11. The van der Waals surface area contributed by atoms with E-state index in [1.54, 1.807) is 13.8 Å². The molecule has 0 rings (SSSR count). The summed E-state index contributed by atoms with van der Waals surface area (Å²) in [7, 11) is 0. The molecule has 0 aromatic heterocycles. The number of hydrogen-bond acceptors (Lipinski definition) is 3. The summed E-state index contributed by atoms with van der Waals surface area (Å²) in [5.41, 5.74) is 4.25. The summed E-state index contributed by atoms with van der Waals surface area (Å²) in [5.74, 6) is -0.686. The van der Waals surface area contributed by atoms with Gasteiger partial charge in [-0.2, -0.15) is 0 Å². The van der Waals surface area contributed by atoms with E-state index in [-0.39, 0.29) is 6.61 Å². The molecule has 0 radical (unpaired) electrons. The van der Waals surface area contributed by atoms with Crippen LogP contribution in [0.3, 0.4) is 0 Å². The summed E-state index contributed by atoms with van der Waals surface area (Å²) in [6.45, 7) is 6.16. The summed E-state index contributed by atoms with van der Waals surface area (Å²) in [4.78, 5) is 10.6. The molecule has 0 spiro atoms. The Bertz CT molecular complexity index is 156. The zero-order chi connectivity index (χ0) is 12.3. The zero-order valence-corrected chi connectivity index (χ0v) is 10.1. The summed E-state index contributed by atoms with van der Waals surface area (Å²) in [6, 6.07) is 0. The molecule has 0 saturated carbocycles. The first kappa shape index (κ1) is 16.8. The molecule has 4 nitrogen and oxygen atoms in total. The fraction of sp³-hybridized carbons (Fsp3) is 0.909. The monoisotopic (exact) mass is 219 g/mol. The number of unbranched alkanes of at least 4 members (excludes halogenated alkanes) is 2. The molecule has 4 heteroatoms. The van der Waals surface area contributed by atoms with Gasteiger partial charge >= 0.3 is 5.97 Å². The molecule has 0 aliphatic heterocycles.